The number of nitrogens with zero attached hydrogens (tertiary/aromatic N) is 7. The number of halogens is 1. The second-order valence-corrected chi connectivity index (χ2v) is 6.34. The van der Waals surface area contributed by atoms with Gasteiger partial charge in [0.15, 0.2) is 5.69 Å². The van der Waals surface area contributed by atoms with Crippen LogP contribution < -0.4 is 4.90 Å². The summed E-state index contributed by atoms with van der Waals surface area (Å²) >= 11 is 6.20. The van der Waals surface area contributed by atoms with Crippen molar-refractivity contribution in [3.63, 3.8) is 0 Å². The number of hydrogen-bond donors (Lipinski definition) is 0. The molecule has 0 N–H and O–H groups in total. The van der Waals surface area contributed by atoms with Crippen LogP contribution in [-0.4, -0.2) is 61.7 Å². The number of amides is 1. The van der Waals surface area contributed by atoms with Crippen LogP contribution in [0.5, 0.6) is 0 Å². The van der Waals surface area contributed by atoms with Crippen LogP contribution >= 0.6 is 11.6 Å². The molecule has 1 fully saturated rings. The lowest BCUT2D eigenvalue weighted by Gasteiger charge is -2.32. The number of likely N-dealkylation sites (tertiary alicyclic amines) is 1. The van der Waals surface area contributed by atoms with Crippen molar-refractivity contribution < 1.29 is 4.79 Å². The van der Waals surface area contributed by atoms with Crippen molar-refractivity contribution in [2.45, 2.75) is 32.7 Å². The van der Waals surface area contributed by atoms with Crippen LogP contribution in [0.15, 0.2) is 18.9 Å². The normalized spacial score (nSPS) is 15.4. The SMILES string of the molecule is CCN(CC)c1ncc(Cl)c(C(=O)N2CCC(n3cncn3)CC2)n1. The van der Waals surface area contributed by atoms with Gasteiger partial charge in [-0.2, -0.15) is 5.10 Å². The van der Waals surface area contributed by atoms with Crippen molar-refractivity contribution in [2.24, 2.45) is 0 Å². The topological polar surface area (TPSA) is 80.0 Å². The second-order valence-electron chi connectivity index (χ2n) is 5.94. The quantitative estimate of drug-likeness (QED) is 0.808. The summed E-state index contributed by atoms with van der Waals surface area (Å²) in [5.74, 6) is 0.396. The fraction of sp³-hybridized carbons (Fsp3) is 0.562. The van der Waals surface area contributed by atoms with Gasteiger partial charge in [-0.3, -0.25) is 4.79 Å². The first-order valence-electron chi connectivity index (χ1n) is 8.54. The number of rotatable bonds is 5. The first-order valence-corrected chi connectivity index (χ1v) is 8.92. The van der Waals surface area contributed by atoms with Crippen molar-refractivity contribution in [2.75, 3.05) is 31.1 Å². The molecule has 3 heterocycles. The molecule has 0 radical (unpaired) electrons. The molecule has 0 saturated carbocycles. The average Bonchev–Trinajstić information content (AvgIpc) is 3.18. The van der Waals surface area contributed by atoms with E-state index in [1.165, 1.54) is 12.5 Å². The predicted octanol–water partition coefficient (Wildman–Crippen LogP) is 2.04. The maximum absolute atomic E-state index is 12.9. The Balaban J connectivity index is 1.72. The third-order valence-corrected chi connectivity index (χ3v) is 4.82. The summed E-state index contributed by atoms with van der Waals surface area (Å²) < 4.78 is 1.86. The van der Waals surface area contributed by atoms with Crippen molar-refractivity contribution in [3.05, 3.63) is 29.6 Å². The summed E-state index contributed by atoms with van der Waals surface area (Å²) in [4.78, 5) is 29.3. The Hall–Kier alpha value is -2.22. The van der Waals surface area contributed by atoms with Gasteiger partial charge < -0.3 is 9.80 Å². The van der Waals surface area contributed by atoms with Gasteiger partial charge in [0.2, 0.25) is 5.95 Å². The number of carbonyl (C=O) groups is 1. The van der Waals surface area contributed by atoms with Crippen LogP contribution in [0.3, 0.4) is 0 Å². The summed E-state index contributed by atoms with van der Waals surface area (Å²) in [6.07, 6.45) is 6.44. The van der Waals surface area contributed by atoms with Crippen LogP contribution in [0.2, 0.25) is 5.02 Å². The van der Waals surface area contributed by atoms with Gasteiger partial charge in [0.25, 0.3) is 5.91 Å². The van der Waals surface area contributed by atoms with Gasteiger partial charge in [-0.15, -0.1) is 0 Å². The maximum Gasteiger partial charge on any atom is 0.274 e. The van der Waals surface area contributed by atoms with Crippen molar-refractivity contribution in [1.29, 1.82) is 0 Å². The van der Waals surface area contributed by atoms with E-state index in [0.29, 0.717) is 24.1 Å². The Kier molecular flexibility index (Phi) is 5.47. The van der Waals surface area contributed by atoms with Crippen LogP contribution in [0.1, 0.15) is 43.2 Å². The number of hydrogen-bond acceptors (Lipinski definition) is 6. The highest BCUT2D eigenvalue weighted by molar-refractivity contribution is 6.33. The third-order valence-electron chi connectivity index (χ3n) is 4.54. The van der Waals surface area contributed by atoms with Crippen LogP contribution in [0.25, 0.3) is 0 Å². The molecule has 1 aliphatic rings. The second kappa shape index (κ2) is 7.77. The number of anilines is 1. The van der Waals surface area contributed by atoms with Gasteiger partial charge in [0.1, 0.15) is 12.7 Å². The lowest BCUT2D eigenvalue weighted by molar-refractivity contribution is 0.0684. The Bertz CT molecular complexity index is 709. The predicted molar refractivity (Wildman–Crippen MR) is 94.8 cm³/mol. The van der Waals surface area contributed by atoms with E-state index in [9.17, 15) is 4.79 Å². The van der Waals surface area contributed by atoms with Crippen molar-refractivity contribution in [1.82, 2.24) is 29.6 Å². The highest BCUT2D eigenvalue weighted by Crippen LogP contribution is 2.24. The third kappa shape index (κ3) is 3.73. The summed E-state index contributed by atoms with van der Waals surface area (Å²) in [6.45, 7) is 6.88. The molecule has 9 heteroatoms. The number of aromatic nitrogens is 5. The van der Waals surface area contributed by atoms with Crippen molar-refractivity contribution in [3.8, 4) is 0 Å². The smallest absolute Gasteiger partial charge is 0.274 e. The Morgan fingerprint density at radius 1 is 1.32 bits per heavy atom. The molecule has 8 nitrogen and oxygen atoms in total. The molecular formula is C16H22ClN7O. The maximum atomic E-state index is 12.9. The molecule has 1 amide bonds. The molecule has 25 heavy (non-hydrogen) atoms. The van der Waals surface area contributed by atoms with Gasteiger partial charge in [0.05, 0.1) is 17.3 Å². The average molecular weight is 364 g/mol. The minimum absolute atomic E-state index is 0.141. The molecule has 0 spiro atoms. The fourth-order valence-electron chi connectivity index (χ4n) is 3.06. The zero-order valence-electron chi connectivity index (χ0n) is 14.5. The molecule has 1 saturated heterocycles. The molecule has 2 aromatic rings. The summed E-state index contributed by atoms with van der Waals surface area (Å²) in [5.41, 5.74) is 0.276. The molecule has 134 valence electrons. The molecule has 0 aromatic carbocycles. The summed E-state index contributed by atoms with van der Waals surface area (Å²) in [5, 5.41) is 4.48. The highest BCUT2D eigenvalue weighted by atomic mass is 35.5. The van der Waals surface area contributed by atoms with Gasteiger partial charge in [-0.1, -0.05) is 11.6 Å². The van der Waals surface area contributed by atoms with Gasteiger partial charge in [-0.25, -0.2) is 19.6 Å². The van der Waals surface area contributed by atoms with Gasteiger partial charge >= 0.3 is 0 Å². The molecular weight excluding hydrogens is 342 g/mol. The van der Waals surface area contributed by atoms with Crippen LogP contribution in [0.4, 0.5) is 5.95 Å². The Labute approximate surface area is 151 Å². The monoisotopic (exact) mass is 363 g/mol. The minimum atomic E-state index is -0.141. The Morgan fingerprint density at radius 3 is 2.64 bits per heavy atom. The molecule has 2 aromatic heterocycles. The first-order chi connectivity index (χ1) is 12.1. The van der Waals surface area contributed by atoms with E-state index in [-0.39, 0.29) is 17.6 Å². The molecule has 1 aliphatic heterocycles. The van der Waals surface area contributed by atoms with Crippen molar-refractivity contribution >= 4 is 23.5 Å². The lowest BCUT2D eigenvalue weighted by Crippen LogP contribution is -2.40. The first kappa shape index (κ1) is 17.6. The van der Waals surface area contributed by atoms with E-state index in [1.807, 2.05) is 23.4 Å². The van der Waals surface area contributed by atoms with E-state index in [1.54, 1.807) is 11.2 Å². The minimum Gasteiger partial charge on any atom is -0.341 e. The Morgan fingerprint density at radius 2 is 2.04 bits per heavy atom. The van der Waals surface area contributed by atoms with E-state index >= 15 is 0 Å². The molecule has 0 atom stereocenters. The largest absolute Gasteiger partial charge is 0.341 e. The van der Waals surface area contributed by atoms with Crippen LogP contribution in [0, 0.1) is 0 Å². The zero-order valence-corrected chi connectivity index (χ0v) is 15.2. The molecule has 0 unspecified atom stereocenters. The fourth-order valence-corrected chi connectivity index (χ4v) is 3.23. The van der Waals surface area contributed by atoms with Gasteiger partial charge in [0, 0.05) is 26.2 Å². The van der Waals surface area contributed by atoms with E-state index in [4.69, 9.17) is 11.6 Å². The number of piperidine rings is 1. The van der Waals surface area contributed by atoms with E-state index in [2.05, 4.69) is 20.1 Å². The highest BCUT2D eigenvalue weighted by Gasteiger charge is 2.27. The van der Waals surface area contributed by atoms with Crippen LogP contribution in [-0.2, 0) is 0 Å². The molecule has 3 rings (SSSR count). The molecule has 0 bridgehead atoms. The van der Waals surface area contributed by atoms with E-state index in [0.717, 1.165) is 25.9 Å². The molecule has 0 aliphatic carbocycles. The summed E-state index contributed by atoms with van der Waals surface area (Å²) in [6, 6.07) is 0.277. The standard InChI is InChI=1S/C16H22ClN7O/c1-3-22(4-2)16-19-9-13(17)14(21-16)15(25)23-7-5-12(6-8-23)24-11-18-10-20-24/h9-12H,3-8H2,1-2H3. The summed E-state index contributed by atoms with van der Waals surface area (Å²) in [7, 11) is 0. The van der Waals surface area contributed by atoms with E-state index < -0.39 is 0 Å². The van der Waals surface area contributed by atoms with Gasteiger partial charge in [-0.05, 0) is 26.7 Å². The zero-order chi connectivity index (χ0) is 17.8. The number of carbonyl (C=O) groups excluding carboxylic acids is 1. The lowest BCUT2D eigenvalue weighted by atomic mass is 10.1.